The Bertz CT molecular complexity index is 262. The molecule has 0 aliphatic rings. The van der Waals surface area contributed by atoms with Crippen molar-refractivity contribution in [2.24, 2.45) is 0 Å². The maximum absolute atomic E-state index is 10.1. The van der Waals surface area contributed by atoms with Crippen LogP contribution in [0.2, 0.25) is 0 Å². The summed E-state index contributed by atoms with van der Waals surface area (Å²) in [6, 6.07) is 7.23. The first-order valence-electron chi connectivity index (χ1n) is 2.82. The standard InChI is InChI=1S/C7H6NO2.Y/c1-6-3-2-4-7(5-6)8(9)10;/h3-5H,1H3;/q-1;. The van der Waals surface area contributed by atoms with E-state index < -0.39 is 4.92 Å². The summed E-state index contributed by atoms with van der Waals surface area (Å²) in [5, 5.41) is 10.1. The Morgan fingerprint density at radius 3 is 2.55 bits per heavy atom. The molecule has 1 radical (unpaired) electrons. The first-order valence-corrected chi connectivity index (χ1v) is 2.82. The second-order valence-electron chi connectivity index (χ2n) is 2.03. The average molecular weight is 225 g/mol. The average Bonchev–Trinajstić information content (AvgIpc) is 1.88. The SMILES string of the molecule is Cc1c[c-]cc([N+](=O)[O-])c1.[Y]. The van der Waals surface area contributed by atoms with Crippen LogP contribution in [0.1, 0.15) is 5.56 Å². The Morgan fingerprint density at radius 2 is 2.18 bits per heavy atom. The summed E-state index contributed by atoms with van der Waals surface area (Å²) >= 11 is 0. The summed E-state index contributed by atoms with van der Waals surface area (Å²) in [6.07, 6.45) is 0. The van der Waals surface area contributed by atoms with Crippen molar-refractivity contribution in [3.05, 3.63) is 39.9 Å². The predicted molar refractivity (Wildman–Crippen MR) is 36.7 cm³/mol. The van der Waals surface area contributed by atoms with Gasteiger partial charge >= 0.3 is 0 Å². The van der Waals surface area contributed by atoms with Crippen molar-refractivity contribution >= 4 is 5.69 Å². The number of aryl methyl sites for hydroxylation is 1. The number of benzene rings is 1. The summed E-state index contributed by atoms with van der Waals surface area (Å²) in [6.45, 7) is 1.80. The number of hydrogen-bond acceptors (Lipinski definition) is 2. The molecule has 0 amide bonds. The Morgan fingerprint density at radius 1 is 1.55 bits per heavy atom. The smallest absolute Gasteiger partial charge is 0.163 e. The minimum Gasteiger partial charge on any atom is -0.270 e. The zero-order valence-corrected chi connectivity index (χ0v) is 8.91. The molecule has 0 aliphatic heterocycles. The predicted octanol–water partition coefficient (Wildman–Crippen LogP) is 1.70. The number of nitrogens with zero attached hydrogens (tertiary/aromatic N) is 1. The van der Waals surface area contributed by atoms with Crippen molar-refractivity contribution < 1.29 is 37.6 Å². The van der Waals surface area contributed by atoms with Crippen LogP contribution in [0.3, 0.4) is 0 Å². The molecular formula is C7H6NO2Y-. The third-order valence-electron chi connectivity index (χ3n) is 1.13. The number of nitro benzene ring substituents is 1. The molecule has 0 bridgehead atoms. The molecule has 0 saturated carbocycles. The molecule has 55 valence electrons. The molecule has 0 aromatic heterocycles. The number of nitro groups is 1. The van der Waals surface area contributed by atoms with Crippen molar-refractivity contribution in [3.8, 4) is 0 Å². The van der Waals surface area contributed by atoms with Gasteiger partial charge in [0.25, 0.3) is 0 Å². The van der Waals surface area contributed by atoms with E-state index in [1.54, 1.807) is 13.0 Å². The summed E-state index contributed by atoms with van der Waals surface area (Å²) in [4.78, 5) is 9.71. The molecule has 3 nitrogen and oxygen atoms in total. The molecule has 0 saturated heterocycles. The van der Waals surface area contributed by atoms with Gasteiger partial charge in [-0.2, -0.15) is 17.7 Å². The van der Waals surface area contributed by atoms with Crippen LogP contribution in [0.4, 0.5) is 5.69 Å². The van der Waals surface area contributed by atoms with Crippen molar-refractivity contribution in [1.82, 2.24) is 0 Å². The van der Waals surface area contributed by atoms with Gasteiger partial charge in [-0.25, -0.2) is 0 Å². The van der Waals surface area contributed by atoms with Crippen LogP contribution in [0.5, 0.6) is 0 Å². The minimum atomic E-state index is -0.427. The van der Waals surface area contributed by atoms with Crippen LogP contribution in [0.15, 0.2) is 18.2 Å². The van der Waals surface area contributed by atoms with Crippen LogP contribution < -0.4 is 0 Å². The second-order valence-corrected chi connectivity index (χ2v) is 2.03. The number of non-ortho nitro benzene ring substituents is 1. The van der Waals surface area contributed by atoms with Crippen LogP contribution in [-0.2, 0) is 32.7 Å². The summed E-state index contributed by atoms with van der Waals surface area (Å²) in [5.74, 6) is 0. The van der Waals surface area contributed by atoms with Gasteiger partial charge in [0, 0.05) is 37.6 Å². The molecule has 1 aromatic carbocycles. The third kappa shape index (κ3) is 3.08. The Hall–Kier alpha value is -0.276. The fraction of sp³-hybridized carbons (Fsp3) is 0.143. The Labute approximate surface area is 89.8 Å². The molecule has 0 N–H and O–H groups in total. The monoisotopic (exact) mass is 225 g/mol. The van der Waals surface area contributed by atoms with E-state index >= 15 is 0 Å². The maximum atomic E-state index is 10.1. The zero-order chi connectivity index (χ0) is 7.56. The summed E-state index contributed by atoms with van der Waals surface area (Å²) < 4.78 is 0. The first kappa shape index (κ1) is 10.7. The van der Waals surface area contributed by atoms with Crippen molar-refractivity contribution in [1.29, 1.82) is 0 Å². The van der Waals surface area contributed by atoms with E-state index in [0.717, 1.165) is 5.56 Å². The molecule has 11 heavy (non-hydrogen) atoms. The molecule has 0 heterocycles. The van der Waals surface area contributed by atoms with E-state index in [1.807, 2.05) is 0 Å². The fourth-order valence-electron chi connectivity index (χ4n) is 0.680. The fourth-order valence-corrected chi connectivity index (χ4v) is 0.680. The topological polar surface area (TPSA) is 43.1 Å². The first-order chi connectivity index (χ1) is 4.70. The van der Waals surface area contributed by atoms with Gasteiger partial charge in [0.05, 0.1) is 0 Å². The van der Waals surface area contributed by atoms with Gasteiger partial charge in [0.2, 0.25) is 0 Å². The van der Waals surface area contributed by atoms with Crippen LogP contribution in [-0.4, -0.2) is 4.92 Å². The quantitative estimate of drug-likeness (QED) is 0.414. The van der Waals surface area contributed by atoms with Crippen molar-refractivity contribution in [2.75, 3.05) is 0 Å². The summed E-state index contributed by atoms with van der Waals surface area (Å²) in [7, 11) is 0. The molecule has 0 atom stereocenters. The van der Waals surface area contributed by atoms with Gasteiger partial charge in [0.15, 0.2) is 5.69 Å². The Kier molecular flexibility index (Phi) is 4.46. The van der Waals surface area contributed by atoms with E-state index in [4.69, 9.17) is 0 Å². The molecule has 0 fully saturated rings. The maximum Gasteiger partial charge on any atom is 0.163 e. The van der Waals surface area contributed by atoms with Gasteiger partial charge in [-0.3, -0.25) is 10.1 Å². The largest absolute Gasteiger partial charge is 0.270 e. The molecule has 4 heteroatoms. The van der Waals surface area contributed by atoms with E-state index in [2.05, 4.69) is 6.07 Å². The van der Waals surface area contributed by atoms with Crippen molar-refractivity contribution in [3.63, 3.8) is 0 Å². The molecule has 1 rings (SSSR count). The third-order valence-corrected chi connectivity index (χ3v) is 1.13. The molecular weight excluding hydrogens is 219 g/mol. The van der Waals surface area contributed by atoms with E-state index in [9.17, 15) is 10.1 Å². The van der Waals surface area contributed by atoms with E-state index in [1.165, 1.54) is 12.1 Å². The normalized spacial score (nSPS) is 8.45. The number of hydrogen-bond donors (Lipinski definition) is 0. The molecule has 1 aromatic rings. The molecule has 0 spiro atoms. The zero-order valence-electron chi connectivity index (χ0n) is 6.07. The van der Waals surface area contributed by atoms with Gasteiger partial charge in [-0.1, -0.05) is 13.0 Å². The van der Waals surface area contributed by atoms with E-state index in [0.29, 0.717) is 0 Å². The van der Waals surface area contributed by atoms with Crippen LogP contribution in [0.25, 0.3) is 0 Å². The number of rotatable bonds is 1. The minimum absolute atomic E-state index is 0. The molecule has 0 aliphatic carbocycles. The molecule has 0 unspecified atom stereocenters. The van der Waals surface area contributed by atoms with Gasteiger partial charge < -0.3 is 0 Å². The van der Waals surface area contributed by atoms with Gasteiger partial charge in [-0.05, 0) is 0 Å². The van der Waals surface area contributed by atoms with Crippen LogP contribution >= 0.6 is 0 Å². The van der Waals surface area contributed by atoms with Crippen molar-refractivity contribution in [2.45, 2.75) is 6.92 Å². The Balaban J connectivity index is 0.000001000. The van der Waals surface area contributed by atoms with Gasteiger partial charge in [0.1, 0.15) is 0 Å². The van der Waals surface area contributed by atoms with Gasteiger partial charge in [-0.15, -0.1) is 6.07 Å². The second kappa shape index (κ2) is 4.57. The van der Waals surface area contributed by atoms with Crippen LogP contribution in [0, 0.1) is 23.1 Å². The summed E-state index contributed by atoms with van der Waals surface area (Å²) in [5.41, 5.74) is 0.953. The van der Waals surface area contributed by atoms with E-state index in [-0.39, 0.29) is 38.4 Å².